The Morgan fingerprint density at radius 2 is 1.67 bits per heavy atom. The number of nitrogens with zero attached hydrogens (tertiary/aromatic N) is 3. The normalized spacial score (nSPS) is 11.8. The highest BCUT2D eigenvalue weighted by Crippen LogP contribution is 2.35. The fourth-order valence-corrected chi connectivity index (χ4v) is 4.78. The number of carboxylic acid groups (broad SMARTS) is 1. The maximum absolute atomic E-state index is 13.2. The molecule has 0 aliphatic rings. The maximum atomic E-state index is 13.2. The summed E-state index contributed by atoms with van der Waals surface area (Å²) in [5.74, 6) is -0.936. The molecule has 0 atom stereocenters. The molecule has 2 aromatic heterocycles. The molecule has 0 radical (unpaired) electrons. The average molecular weight is 599 g/mol. The molecule has 0 saturated carbocycles. The molecule has 0 spiro atoms. The van der Waals surface area contributed by atoms with Gasteiger partial charge in [0.15, 0.2) is 0 Å². The molecule has 0 fully saturated rings. The number of imidazole rings is 1. The summed E-state index contributed by atoms with van der Waals surface area (Å²) in [6.45, 7) is 0.0316. The molecule has 42 heavy (non-hydrogen) atoms. The number of benzene rings is 3. The first-order chi connectivity index (χ1) is 20.1. The van der Waals surface area contributed by atoms with Crippen molar-refractivity contribution >= 4 is 28.6 Å². The van der Waals surface area contributed by atoms with Crippen LogP contribution in [0.1, 0.15) is 28.7 Å². The van der Waals surface area contributed by atoms with E-state index >= 15 is 0 Å². The van der Waals surface area contributed by atoms with E-state index in [9.17, 15) is 23.1 Å². The SMILES string of the molecule is O=C(O)COCCCc1ccc(CCc2c(-c3ccc(C(F)(F)F)cc3)nn(-c3nc4cc(Cl)ccc4[nH]3)c2O)cc1. The number of aliphatic carboxylic acids is 1. The molecule has 5 aromatic rings. The number of carboxylic acids is 1. The van der Waals surface area contributed by atoms with Crippen molar-refractivity contribution in [2.75, 3.05) is 13.2 Å². The van der Waals surface area contributed by atoms with Crippen LogP contribution in [-0.4, -0.2) is 49.1 Å². The van der Waals surface area contributed by atoms with E-state index in [1.165, 1.54) is 16.8 Å². The van der Waals surface area contributed by atoms with E-state index in [0.717, 1.165) is 29.7 Å². The lowest BCUT2D eigenvalue weighted by atomic mass is 9.99. The van der Waals surface area contributed by atoms with Crippen LogP contribution in [0.4, 0.5) is 13.2 Å². The standard InChI is InChI=1S/C30H26ClF3N4O4/c31-22-12-14-24-25(16-22)36-29(35-24)38-28(41)23(27(37-38)20-8-10-21(11-9-20)30(32,33)34)13-7-19-5-3-18(4-6-19)2-1-15-42-17-26(39)40/h3-6,8-12,14,16,41H,1-2,7,13,15,17H2,(H,35,36)(H,39,40). The maximum Gasteiger partial charge on any atom is 0.416 e. The molecule has 5 rings (SSSR count). The number of hydrogen-bond donors (Lipinski definition) is 3. The molecule has 0 amide bonds. The Morgan fingerprint density at radius 1 is 0.976 bits per heavy atom. The van der Waals surface area contributed by atoms with Crippen LogP contribution < -0.4 is 0 Å². The van der Waals surface area contributed by atoms with Crippen LogP contribution in [-0.2, 0) is 35.0 Å². The van der Waals surface area contributed by atoms with Crippen LogP contribution in [0.2, 0.25) is 5.02 Å². The molecule has 8 nitrogen and oxygen atoms in total. The summed E-state index contributed by atoms with van der Waals surface area (Å²) in [5, 5.41) is 25.0. The van der Waals surface area contributed by atoms with Crippen molar-refractivity contribution in [2.24, 2.45) is 0 Å². The van der Waals surface area contributed by atoms with Crippen LogP contribution in [0, 0.1) is 0 Å². The minimum Gasteiger partial charge on any atom is -0.493 e. The number of aromatic hydroxyl groups is 1. The fraction of sp³-hybridized carbons (Fsp3) is 0.233. The third-order valence-electron chi connectivity index (χ3n) is 6.74. The number of halogens is 4. The van der Waals surface area contributed by atoms with Crippen molar-refractivity contribution in [3.8, 4) is 23.1 Å². The second kappa shape index (κ2) is 12.3. The van der Waals surface area contributed by atoms with Gasteiger partial charge < -0.3 is 19.9 Å². The molecule has 0 unspecified atom stereocenters. The predicted molar refractivity (Wildman–Crippen MR) is 151 cm³/mol. The zero-order chi connectivity index (χ0) is 29.9. The van der Waals surface area contributed by atoms with Gasteiger partial charge in [0.05, 0.1) is 16.6 Å². The highest BCUT2D eigenvalue weighted by molar-refractivity contribution is 6.31. The molecule has 3 N–H and O–H groups in total. The van der Waals surface area contributed by atoms with E-state index in [4.69, 9.17) is 21.4 Å². The number of aromatic amines is 1. The Hall–Kier alpha value is -4.35. The van der Waals surface area contributed by atoms with Gasteiger partial charge in [0.25, 0.3) is 0 Å². The minimum atomic E-state index is -4.48. The molecular weight excluding hydrogens is 573 g/mol. The Morgan fingerprint density at radius 3 is 2.33 bits per heavy atom. The second-order valence-corrected chi connectivity index (χ2v) is 10.2. The quantitative estimate of drug-likeness (QED) is 0.147. The summed E-state index contributed by atoms with van der Waals surface area (Å²) < 4.78 is 45.9. The Balaban J connectivity index is 1.39. The Labute approximate surface area is 243 Å². The van der Waals surface area contributed by atoms with Crippen molar-refractivity contribution in [2.45, 2.75) is 31.9 Å². The number of carbonyl (C=O) groups is 1. The van der Waals surface area contributed by atoms with Gasteiger partial charge in [0.1, 0.15) is 12.3 Å². The van der Waals surface area contributed by atoms with Crippen LogP contribution in [0.15, 0.2) is 66.7 Å². The zero-order valence-corrected chi connectivity index (χ0v) is 22.9. The smallest absolute Gasteiger partial charge is 0.416 e. The van der Waals surface area contributed by atoms with E-state index < -0.39 is 17.7 Å². The molecule has 3 aromatic carbocycles. The number of alkyl halides is 3. The van der Waals surface area contributed by atoms with Gasteiger partial charge in [-0.2, -0.15) is 23.0 Å². The summed E-state index contributed by atoms with van der Waals surface area (Å²) in [7, 11) is 0. The van der Waals surface area contributed by atoms with Crippen molar-refractivity contribution in [1.29, 1.82) is 0 Å². The van der Waals surface area contributed by atoms with Gasteiger partial charge in [0.2, 0.25) is 11.8 Å². The van der Waals surface area contributed by atoms with Crippen LogP contribution >= 0.6 is 11.6 Å². The number of rotatable bonds is 11. The monoisotopic (exact) mass is 598 g/mol. The summed E-state index contributed by atoms with van der Waals surface area (Å²) in [6.07, 6.45) is -2.17. The van der Waals surface area contributed by atoms with Crippen LogP contribution in [0.3, 0.4) is 0 Å². The third-order valence-corrected chi connectivity index (χ3v) is 6.98. The lowest BCUT2D eigenvalue weighted by Crippen LogP contribution is -2.08. The topological polar surface area (TPSA) is 113 Å². The van der Waals surface area contributed by atoms with Crippen molar-refractivity contribution in [3.63, 3.8) is 0 Å². The summed E-state index contributed by atoms with van der Waals surface area (Å²) in [6, 6.07) is 17.7. The van der Waals surface area contributed by atoms with Crippen LogP contribution in [0.5, 0.6) is 5.88 Å². The number of ether oxygens (including phenoxy) is 1. The second-order valence-electron chi connectivity index (χ2n) is 9.73. The van der Waals surface area contributed by atoms with E-state index in [1.807, 2.05) is 24.3 Å². The lowest BCUT2D eigenvalue weighted by molar-refractivity contribution is -0.142. The van der Waals surface area contributed by atoms with Gasteiger partial charge in [-0.3, -0.25) is 0 Å². The van der Waals surface area contributed by atoms with Crippen molar-refractivity contribution < 1.29 is 32.9 Å². The molecule has 218 valence electrons. The van der Waals surface area contributed by atoms with Gasteiger partial charge >= 0.3 is 12.1 Å². The fourth-order valence-electron chi connectivity index (χ4n) is 4.61. The van der Waals surface area contributed by atoms with Gasteiger partial charge in [-0.05, 0) is 67.1 Å². The van der Waals surface area contributed by atoms with Crippen LogP contribution in [0.25, 0.3) is 28.2 Å². The molecular formula is C30H26ClF3N4O4. The van der Waals surface area contributed by atoms with Gasteiger partial charge in [0, 0.05) is 22.8 Å². The Kier molecular flexibility index (Phi) is 8.51. The van der Waals surface area contributed by atoms with Crippen molar-refractivity contribution in [3.05, 3.63) is 94.0 Å². The largest absolute Gasteiger partial charge is 0.493 e. The minimum absolute atomic E-state index is 0.173. The summed E-state index contributed by atoms with van der Waals surface area (Å²) in [5.41, 5.74) is 3.76. The van der Waals surface area contributed by atoms with Crippen molar-refractivity contribution in [1.82, 2.24) is 19.7 Å². The predicted octanol–water partition coefficient (Wildman–Crippen LogP) is 6.61. The number of nitrogens with one attached hydrogen (secondary N) is 1. The molecule has 0 aliphatic carbocycles. The van der Waals surface area contributed by atoms with E-state index in [2.05, 4.69) is 15.1 Å². The molecule has 0 saturated heterocycles. The van der Waals surface area contributed by atoms with E-state index in [0.29, 0.717) is 58.7 Å². The van der Waals surface area contributed by atoms with E-state index in [1.54, 1.807) is 18.2 Å². The first-order valence-corrected chi connectivity index (χ1v) is 13.5. The highest BCUT2D eigenvalue weighted by atomic mass is 35.5. The first-order valence-electron chi connectivity index (χ1n) is 13.1. The number of hydrogen-bond acceptors (Lipinski definition) is 5. The summed E-state index contributed by atoms with van der Waals surface area (Å²) >= 11 is 6.09. The van der Waals surface area contributed by atoms with E-state index in [-0.39, 0.29) is 18.4 Å². The van der Waals surface area contributed by atoms with Gasteiger partial charge in [-0.1, -0.05) is 48.0 Å². The number of aromatic nitrogens is 4. The Bertz CT molecular complexity index is 1700. The summed E-state index contributed by atoms with van der Waals surface area (Å²) in [4.78, 5) is 18.1. The molecule has 12 heteroatoms. The lowest BCUT2D eigenvalue weighted by Gasteiger charge is -2.08. The third kappa shape index (κ3) is 6.75. The first kappa shape index (κ1) is 29.2. The average Bonchev–Trinajstić information content (AvgIpc) is 3.52. The highest BCUT2D eigenvalue weighted by Gasteiger charge is 2.30. The number of fused-ring (bicyclic) bond motifs is 1. The molecule has 0 aliphatic heterocycles. The zero-order valence-electron chi connectivity index (χ0n) is 22.2. The molecule has 0 bridgehead atoms. The van der Waals surface area contributed by atoms with Gasteiger partial charge in [-0.25, -0.2) is 9.78 Å². The van der Waals surface area contributed by atoms with Gasteiger partial charge in [-0.15, -0.1) is 0 Å². The number of aryl methyl sites for hydroxylation is 2. The number of H-pyrrole nitrogens is 1. The molecule has 2 heterocycles.